The van der Waals surface area contributed by atoms with E-state index in [1.54, 1.807) is 0 Å². The van der Waals surface area contributed by atoms with E-state index in [1.165, 1.54) is 5.56 Å². The molecule has 0 fully saturated rings. The van der Waals surface area contributed by atoms with E-state index in [4.69, 9.17) is 5.11 Å². The van der Waals surface area contributed by atoms with Crippen LogP contribution in [0.15, 0.2) is 48.5 Å². The Bertz CT molecular complexity index is 477. The quantitative estimate of drug-likeness (QED) is 0.794. The Balaban J connectivity index is 0.00000162. The van der Waals surface area contributed by atoms with Crippen LogP contribution in [-0.4, -0.2) is 17.0 Å². The molecule has 0 atom stereocenters. The molecule has 2 N–H and O–H groups in total. The Morgan fingerprint density at radius 2 is 1.33 bits per heavy atom. The van der Waals surface area contributed by atoms with Crippen molar-refractivity contribution in [3.63, 3.8) is 0 Å². The summed E-state index contributed by atoms with van der Waals surface area (Å²) in [5.41, 5.74) is 3.75. The first kappa shape index (κ1) is 14.5. The van der Waals surface area contributed by atoms with Crippen LogP contribution in [-0.2, 0) is 6.61 Å². The molecule has 2 aromatic carbocycles. The summed E-state index contributed by atoms with van der Waals surface area (Å²) >= 11 is 0. The zero-order valence-corrected chi connectivity index (χ0v) is 9.80. The van der Waals surface area contributed by atoms with Gasteiger partial charge in [-0.05, 0) is 23.4 Å². The molecule has 0 radical (unpaired) electrons. The molecule has 0 bridgehead atoms. The van der Waals surface area contributed by atoms with E-state index in [1.807, 2.05) is 55.5 Å². The molecule has 0 heterocycles. The highest BCUT2D eigenvalue weighted by Crippen LogP contribution is 1.98. The third-order valence-corrected chi connectivity index (χ3v) is 2.87. The molecule has 0 aromatic heterocycles. The summed E-state index contributed by atoms with van der Waals surface area (Å²) in [6, 6.07) is 15.2. The Hall–Kier alpha value is -1.58. The number of aryl methyl sites for hydroxylation is 1. The minimum atomic E-state index is -0.608. The normalized spacial score (nSPS) is 9.72. The summed E-state index contributed by atoms with van der Waals surface area (Å²) in [5.74, 6) is 0. The second-order valence-corrected chi connectivity index (χ2v) is 4.21. The number of hydrogen-bond donors (Lipinski definition) is 2. The van der Waals surface area contributed by atoms with Crippen molar-refractivity contribution in [1.82, 2.24) is 0 Å². The number of rotatable bonds is 3. The summed E-state index contributed by atoms with van der Waals surface area (Å²) in [7, 11) is 0. The highest BCUT2D eigenvalue weighted by atomic mass is 16.3. The number of aliphatic hydroxyl groups excluding tert-OH is 1. The Morgan fingerprint density at radius 1 is 0.889 bits per heavy atom. The van der Waals surface area contributed by atoms with Gasteiger partial charge in [0.2, 0.25) is 0 Å². The summed E-state index contributed by atoms with van der Waals surface area (Å²) in [4.78, 5) is 0. The molecule has 18 heavy (non-hydrogen) atoms. The van der Waals surface area contributed by atoms with Crippen LogP contribution in [0.2, 0.25) is 0 Å². The maximum atomic E-state index is 10.2. The van der Waals surface area contributed by atoms with Gasteiger partial charge >= 0.3 is 6.92 Å². The van der Waals surface area contributed by atoms with E-state index >= 15 is 0 Å². The van der Waals surface area contributed by atoms with Crippen LogP contribution < -0.4 is 10.9 Å². The van der Waals surface area contributed by atoms with E-state index in [-0.39, 0.29) is 14.0 Å². The molecule has 94 valence electrons. The van der Waals surface area contributed by atoms with Crippen LogP contribution in [0.5, 0.6) is 0 Å². The van der Waals surface area contributed by atoms with Crippen LogP contribution in [0.4, 0.5) is 0 Å². The summed E-state index contributed by atoms with van der Waals surface area (Å²) in [6.07, 6.45) is 0. The minimum Gasteiger partial charge on any atom is -0.443 e. The first-order chi connectivity index (χ1) is 8.20. The van der Waals surface area contributed by atoms with Crippen molar-refractivity contribution in [3.8, 4) is 0 Å². The van der Waals surface area contributed by atoms with E-state index in [0.717, 1.165) is 16.5 Å². The van der Waals surface area contributed by atoms with Gasteiger partial charge in [-0.2, -0.15) is 0 Å². The fraction of sp³-hybridized carbons (Fsp3) is 0.200. The highest BCUT2D eigenvalue weighted by molar-refractivity contribution is 6.78. The van der Waals surface area contributed by atoms with Gasteiger partial charge in [0, 0.05) is 0 Å². The molecule has 0 aliphatic rings. The summed E-state index contributed by atoms with van der Waals surface area (Å²) in [6.45, 7) is 1.44. The lowest BCUT2D eigenvalue weighted by molar-refractivity contribution is 0.282. The predicted octanol–water partition coefficient (Wildman–Crippen LogP) is 1.22. The lowest BCUT2D eigenvalue weighted by Crippen LogP contribution is -2.42. The van der Waals surface area contributed by atoms with Crippen molar-refractivity contribution in [3.05, 3.63) is 59.7 Å². The molecule has 0 spiro atoms. The second kappa shape index (κ2) is 6.38. The third kappa shape index (κ3) is 3.22. The van der Waals surface area contributed by atoms with Crippen LogP contribution in [0.1, 0.15) is 18.6 Å². The average Bonchev–Trinajstić information content (AvgIpc) is 2.39. The summed E-state index contributed by atoms with van der Waals surface area (Å²) in [5, 5.41) is 19.1. The monoisotopic (exact) mass is 242 g/mol. The van der Waals surface area contributed by atoms with Crippen LogP contribution in [0.25, 0.3) is 0 Å². The fourth-order valence-electron chi connectivity index (χ4n) is 1.75. The van der Waals surface area contributed by atoms with Crippen molar-refractivity contribution in [2.24, 2.45) is 0 Å². The average molecular weight is 242 g/mol. The molecule has 3 heteroatoms. The van der Waals surface area contributed by atoms with Crippen LogP contribution >= 0.6 is 0 Å². The molecule has 0 saturated heterocycles. The van der Waals surface area contributed by atoms with Gasteiger partial charge in [0.25, 0.3) is 0 Å². The number of hydrogen-bond acceptors (Lipinski definition) is 2. The van der Waals surface area contributed by atoms with Gasteiger partial charge in [0.05, 0.1) is 6.61 Å². The zero-order valence-electron chi connectivity index (χ0n) is 9.80. The number of aliphatic hydroxyl groups is 1. The molecule has 0 aliphatic heterocycles. The van der Waals surface area contributed by atoms with Crippen molar-refractivity contribution < 1.29 is 10.1 Å². The van der Waals surface area contributed by atoms with Crippen molar-refractivity contribution in [2.75, 3.05) is 0 Å². The fourth-order valence-corrected chi connectivity index (χ4v) is 1.75. The molecule has 2 aromatic rings. The molecular formula is C15H19BO2. The predicted molar refractivity (Wildman–Crippen MR) is 77.5 cm³/mol. The maximum Gasteiger partial charge on any atom is 0.358 e. The minimum absolute atomic E-state index is 0. The van der Waals surface area contributed by atoms with Crippen molar-refractivity contribution in [1.29, 1.82) is 0 Å². The van der Waals surface area contributed by atoms with E-state index in [0.29, 0.717) is 0 Å². The van der Waals surface area contributed by atoms with Gasteiger partial charge in [-0.15, -0.1) is 0 Å². The summed E-state index contributed by atoms with van der Waals surface area (Å²) < 4.78 is 0. The largest absolute Gasteiger partial charge is 0.443 e. The van der Waals surface area contributed by atoms with Gasteiger partial charge in [0.15, 0.2) is 0 Å². The van der Waals surface area contributed by atoms with Gasteiger partial charge in [0.1, 0.15) is 0 Å². The molecule has 0 saturated carbocycles. The van der Waals surface area contributed by atoms with Gasteiger partial charge in [-0.3, -0.25) is 0 Å². The van der Waals surface area contributed by atoms with Gasteiger partial charge < -0.3 is 10.1 Å². The van der Waals surface area contributed by atoms with Gasteiger partial charge in [-0.25, -0.2) is 0 Å². The molecule has 0 amide bonds. The zero-order chi connectivity index (χ0) is 12.3. The highest BCUT2D eigenvalue weighted by Gasteiger charge is 2.16. The standard InChI is InChI=1S/C14H15BO2.CH4/c1-11-2-6-13(7-3-11)15(17)14-8-4-12(10-16)5-9-14;/h2-9,16-17H,10H2,1H3;1H4. The Kier molecular flexibility index (Phi) is 5.14. The lowest BCUT2D eigenvalue weighted by Gasteiger charge is -2.08. The smallest absolute Gasteiger partial charge is 0.358 e. The molecular weight excluding hydrogens is 223 g/mol. The van der Waals surface area contributed by atoms with Gasteiger partial charge in [-0.1, -0.05) is 61.5 Å². The van der Waals surface area contributed by atoms with E-state index in [9.17, 15) is 5.02 Å². The van der Waals surface area contributed by atoms with Crippen molar-refractivity contribution in [2.45, 2.75) is 21.0 Å². The Morgan fingerprint density at radius 3 is 1.78 bits per heavy atom. The van der Waals surface area contributed by atoms with Crippen LogP contribution in [0.3, 0.4) is 0 Å². The van der Waals surface area contributed by atoms with Crippen LogP contribution in [0, 0.1) is 6.92 Å². The first-order valence-electron chi connectivity index (χ1n) is 5.65. The first-order valence-corrected chi connectivity index (χ1v) is 5.65. The lowest BCUT2D eigenvalue weighted by atomic mass is 9.56. The molecule has 0 aliphatic carbocycles. The number of benzene rings is 2. The molecule has 2 nitrogen and oxygen atoms in total. The van der Waals surface area contributed by atoms with Crippen molar-refractivity contribution >= 4 is 17.8 Å². The Labute approximate surface area is 109 Å². The third-order valence-electron chi connectivity index (χ3n) is 2.87. The van der Waals surface area contributed by atoms with E-state index < -0.39 is 6.92 Å². The molecule has 2 rings (SSSR count). The maximum absolute atomic E-state index is 10.2. The van der Waals surface area contributed by atoms with E-state index in [2.05, 4.69) is 0 Å². The SMILES string of the molecule is C.Cc1ccc(B(O)c2ccc(CO)cc2)cc1. The molecule has 0 unspecified atom stereocenters. The topological polar surface area (TPSA) is 40.5 Å². The second-order valence-electron chi connectivity index (χ2n) is 4.21.